The summed E-state index contributed by atoms with van der Waals surface area (Å²) in [5.74, 6) is -0.322. The molecule has 25 heavy (non-hydrogen) atoms. The van der Waals surface area contributed by atoms with Gasteiger partial charge in [0.25, 0.3) is 0 Å². The van der Waals surface area contributed by atoms with Crippen molar-refractivity contribution >= 4 is 21.6 Å². The number of sulfonamides is 1. The second kappa shape index (κ2) is 8.48. The quantitative estimate of drug-likeness (QED) is 0.723. The zero-order valence-corrected chi connectivity index (χ0v) is 14.5. The second-order valence-corrected chi connectivity index (χ2v) is 7.16. The maximum Gasteiger partial charge on any atom is 0.240 e. The highest BCUT2D eigenvalue weighted by molar-refractivity contribution is 7.92. The Morgan fingerprint density at radius 3 is 2.36 bits per heavy atom. The van der Waals surface area contributed by atoms with Crippen molar-refractivity contribution in [3.63, 3.8) is 0 Å². The van der Waals surface area contributed by atoms with Crippen LogP contribution >= 0.6 is 0 Å². The molecule has 0 aliphatic carbocycles. The Bertz CT molecular complexity index is 795. The molecule has 2 aromatic rings. The third-order valence-electron chi connectivity index (χ3n) is 3.24. The molecule has 0 saturated heterocycles. The predicted molar refractivity (Wildman–Crippen MR) is 93.5 cm³/mol. The van der Waals surface area contributed by atoms with Crippen molar-refractivity contribution in [3.05, 3.63) is 60.4 Å². The number of nitrogens with one attached hydrogen (secondary N) is 1. The molecule has 1 N–H and O–H groups in total. The Hall–Kier alpha value is -2.61. The molecular weight excluding hydrogens is 347 g/mol. The fourth-order valence-electron chi connectivity index (χ4n) is 2.07. The molecule has 0 saturated carbocycles. The topological polar surface area (TPSA) is 75.7 Å². The van der Waals surface area contributed by atoms with Gasteiger partial charge in [0.2, 0.25) is 15.9 Å². The molecular formula is C17H19FN2O4S. The molecule has 0 spiro atoms. The Balaban J connectivity index is 1.84. The number of nitrogens with zero attached hydrogens (tertiary/aromatic N) is 1. The average molecular weight is 366 g/mol. The van der Waals surface area contributed by atoms with Crippen LogP contribution in [0.3, 0.4) is 0 Å². The summed E-state index contributed by atoms with van der Waals surface area (Å²) >= 11 is 0. The van der Waals surface area contributed by atoms with Gasteiger partial charge in [-0.2, -0.15) is 0 Å². The Labute approximate surface area is 146 Å². The minimum Gasteiger partial charge on any atom is -0.492 e. The number of benzene rings is 2. The lowest BCUT2D eigenvalue weighted by atomic mass is 10.3. The molecule has 8 heteroatoms. The minimum atomic E-state index is -3.58. The lowest BCUT2D eigenvalue weighted by Gasteiger charge is -2.21. The molecule has 1 amide bonds. The van der Waals surface area contributed by atoms with E-state index in [-0.39, 0.29) is 25.5 Å². The van der Waals surface area contributed by atoms with E-state index < -0.39 is 15.9 Å². The van der Waals surface area contributed by atoms with Gasteiger partial charge in [-0.15, -0.1) is 0 Å². The van der Waals surface area contributed by atoms with E-state index in [2.05, 4.69) is 5.32 Å². The van der Waals surface area contributed by atoms with E-state index in [9.17, 15) is 17.6 Å². The highest BCUT2D eigenvalue weighted by atomic mass is 32.2. The van der Waals surface area contributed by atoms with Crippen molar-refractivity contribution in [2.75, 3.05) is 30.3 Å². The van der Waals surface area contributed by atoms with Crippen LogP contribution in [0.4, 0.5) is 10.1 Å². The van der Waals surface area contributed by atoms with Crippen LogP contribution in [0.5, 0.6) is 5.75 Å². The summed E-state index contributed by atoms with van der Waals surface area (Å²) in [5.41, 5.74) is 0.419. The smallest absolute Gasteiger partial charge is 0.240 e. The number of ether oxygens (including phenoxy) is 1. The monoisotopic (exact) mass is 366 g/mol. The molecule has 0 heterocycles. The summed E-state index contributed by atoms with van der Waals surface area (Å²) in [7, 11) is -3.58. The highest BCUT2D eigenvalue weighted by Gasteiger charge is 2.20. The summed E-state index contributed by atoms with van der Waals surface area (Å²) in [4.78, 5) is 12.0. The number of hydrogen-bond acceptors (Lipinski definition) is 4. The first-order valence-corrected chi connectivity index (χ1v) is 9.39. The molecule has 0 aromatic heterocycles. The predicted octanol–water partition coefficient (Wildman–Crippen LogP) is 1.79. The van der Waals surface area contributed by atoms with E-state index >= 15 is 0 Å². The fourth-order valence-corrected chi connectivity index (χ4v) is 2.93. The van der Waals surface area contributed by atoms with E-state index in [1.54, 1.807) is 30.3 Å². The van der Waals surface area contributed by atoms with Crippen molar-refractivity contribution in [3.8, 4) is 5.75 Å². The standard InChI is InChI=1S/C17H19FN2O4S/c1-25(22,23)20(15-5-3-2-4-6-15)13-17(21)19-11-12-24-16-9-7-14(18)8-10-16/h2-10H,11-13H2,1H3,(H,19,21). The fraction of sp³-hybridized carbons (Fsp3) is 0.235. The number of anilines is 1. The largest absolute Gasteiger partial charge is 0.492 e. The van der Waals surface area contributed by atoms with E-state index in [0.717, 1.165) is 10.6 Å². The normalized spacial score (nSPS) is 11.0. The van der Waals surface area contributed by atoms with Crippen LogP contribution in [0.1, 0.15) is 0 Å². The van der Waals surface area contributed by atoms with E-state index in [1.165, 1.54) is 24.3 Å². The molecule has 6 nitrogen and oxygen atoms in total. The van der Waals surface area contributed by atoms with Crippen molar-refractivity contribution in [1.82, 2.24) is 5.32 Å². The minimum absolute atomic E-state index is 0.182. The number of hydrogen-bond donors (Lipinski definition) is 1. The first-order valence-electron chi connectivity index (χ1n) is 7.54. The molecule has 0 bridgehead atoms. The lowest BCUT2D eigenvalue weighted by molar-refractivity contribution is -0.119. The molecule has 0 fully saturated rings. The zero-order valence-electron chi connectivity index (χ0n) is 13.7. The van der Waals surface area contributed by atoms with Crippen LogP contribution in [-0.4, -0.2) is 40.3 Å². The zero-order chi connectivity index (χ0) is 18.3. The first kappa shape index (κ1) is 18.7. The van der Waals surface area contributed by atoms with E-state index in [1.807, 2.05) is 0 Å². The molecule has 0 atom stereocenters. The van der Waals surface area contributed by atoms with Gasteiger partial charge in [-0.3, -0.25) is 9.10 Å². The maximum atomic E-state index is 12.8. The van der Waals surface area contributed by atoms with Gasteiger partial charge < -0.3 is 10.1 Å². The number of carbonyl (C=O) groups is 1. The van der Waals surface area contributed by atoms with Crippen LogP contribution in [0.25, 0.3) is 0 Å². The van der Waals surface area contributed by atoms with Gasteiger partial charge in [-0.1, -0.05) is 18.2 Å². The number of carbonyl (C=O) groups excluding carboxylic acids is 1. The third kappa shape index (κ3) is 6.07. The molecule has 134 valence electrons. The van der Waals surface area contributed by atoms with Crippen LogP contribution in [-0.2, 0) is 14.8 Å². The molecule has 2 aromatic carbocycles. The summed E-state index contributed by atoms with van der Waals surface area (Å²) in [6.45, 7) is 0.0591. The summed E-state index contributed by atoms with van der Waals surface area (Å²) in [5, 5.41) is 2.59. The second-order valence-electron chi connectivity index (χ2n) is 5.26. The Kier molecular flexibility index (Phi) is 6.35. The summed E-state index contributed by atoms with van der Waals surface area (Å²) in [6, 6.07) is 13.9. The van der Waals surface area contributed by atoms with Crippen LogP contribution in [0, 0.1) is 5.82 Å². The first-order chi connectivity index (χ1) is 11.9. The molecule has 0 aliphatic rings. The SMILES string of the molecule is CS(=O)(=O)N(CC(=O)NCCOc1ccc(F)cc1)c1ccccc1. The Morgan fingerprint density at radius 2 is 1.76 bits per heavy atom. The van der Waals surface area contributed by atoms with E-state index in [4.69, 9.17) is 4.74 Å². The molecule has 2 rings (SSSR count). The van der Waals surface area contributed by atoms with Crippen molar-refractivity contribution < 1.29 is 22.3 Å². The number of amides is 1. The van der Waals surface area contributed by atoms with Gasteiger partial charge in [-0.05, 0) is 36.4 Å². The van der Waals surface area contributed by atoms with E-state index in [0.29, 0.717) is 11.4 Å². The number of rotatable bonds is 8. The summed E-state index contributed by atoms with van der Waals surface area (Å²) < 4.78 is 43.0. The molecule has 0 aliphatic heterocycles. The van der Waals surface area contributed by atoms with Gasteiger partial charge in [0.05, 0.1) is 18.5 Å². The summed E-state index contributed by atoms with van der Waals surface area (Å²) in [6.07, 6.45) is 1.05. The van der Waals surface area contributed by atoms with Gasteiger partial charge in [0.1, 0.15) is 24.7 Å². The number of para-hydroxylation sites is 1. The van der Waals surface area contributed by atoms with Crippen LogP contribution in [0.15, 0.2) is 54.6 Å². The number of halogens is 1. The van der Waals surface area contributed by atoms with Crippen LogP contribution in [0.2, 0.25) is 0 Å². The van der Waals surface area contributed by atoms with Crippen molar-refractivity contribution in [2.45, 2.75) is 0 Å². The molecule has 0 unspecified atom stereocenters. The van der Waals surface area contributed by atoms with Gasteiger partial charge in [0.15, 0.2) is 0 Å². The van der Waals surface area contributed by atoms with Gasteiger partial charge in [0, 0.05) is 0 Å². The maximum absolute atomic E-state index is 12.8. The average Bonchev–Trinajstić information content (AvgIpc) is 2.58. The molecule has 0 radical (unpaired) electrons. The van der Waals surface area contributed by atoms with Gasteiger partial charge >= 0.3 is 0 Å². The van der Waals surface area contributed by atoms with Crippen molar-refractivity contribution in [2.24, 2.45) is 0 Å². The van der Waals surface area contributed by atoms with Gasteiger partial charge in [-0.25, -0.2) is 12.8 Å². The highest BCUT2D eigenvalue weighted by Crippen LogP contribution is 2.16. The Morgan fingerprint density at radius 1 is 1.12 bits per heavy atom. The third-order valence-corrected chi connectivity index (χ3v) is 4.38. The lowest BCUT2D eigenvalue weighted by Crippen LogP contribution is -2.41. The van der Waals surface area contributed by atoms with Crippen LogP contribution < -0.4 is 14.4 Å². The van der Waals surface area contributed by atoms with Crippen molar-refractivity contribution in [1.29, 1.82) is 0 Å².